The van der Waals surface area contributed by atoms with Gasteiger partial charge in [-0.1, -0.05) is 13.3 Å². The van der Waals surface area contributed by atoms with Crippen molar-refractivity contribution in [3.8, 4) is 11.3 Å². The summed E-state index contributed by atoms with van der Waals surface area (Å²) in [6.45, 7) is 2.86. The van der Waals surface area contributed by atoms with Crippen LogP contribution in [0.25, 0.3) is 11.3 Å². The van der Waals surface area contributed by atoms with Gasteiger partial charge in [0, 0.05) is 23.7 Å². The molecule has 5 heteroatoms. The maximum Gasteiger partial charge on any atom is 0.339 e. The number of carbonyl (C=O) groups is 1. The lowest BCUT2D eigenvalue weighted by atomic mass is 10.1. The van der Waals surface area contributed by atoms with E-state index in [1.165, 1.54) is 11.3 Å². The zero-order valence-corrected chi connectivity index (χ0v) is 10.4. The van der Waals surface area contributed by atoms with Gasteiger partial charge in [0.2, 0.25) is 0 Å². The summed E-state index contributed by atoms with van der Waals surface area (Å²) in [6, 6.07) is 1.89. The van der Waals surface area contributed by atoms with Crippen LogP contribution in [0.1, 0.15) is 30.1 Å². The standard InChI is InChI=1S/C12H14N2O2S/c1-2-3-5-14-7-10(12(15)16)11(13-14)9-4-6-17-8-9/h4,6-8H,2-3,5H2,1H3,(H,15,16). The van der Waals surface area contributed by atoms with Crippen molar-refractivity contribution in [3.63, 3.8) is 0 Å². The van der Waals surface area contributed by atoms with Crippen LogP contribution in [-0.4, -0.2) is 20.9 Å². The van der Waals surface area contributed by atoms with Crippen LogP contribution in [0.15, 0.2) is 23.0 Å². The predicted molar refractivity (Wildman–Crippen MR) is 67.4 cm³/mol. The minimum Gasteiger partial charge on any atom is -0.478 e. The number of carboxylic acid groups (broad SMARTS) is 1. The second-order valence-electron chi connectivity index (χ2n) is 3.83. The number of nitrogens with zero attached hydrogens (tertiary/aromatic N) is 2. The van der Waals surface area contributed by atoms with Gasteiger partial charge >= 0.3 is 5.97 Å². The largest absolute Gasteiger partial charge is 0.478 e. The Bertz CT molecular complexity index is 503. The Hall–Kier alpha value is -1.62. The van der Waals surface area contributed by atoms with E-state index in [2.05, 4.69) is 12.0 Å². The van der Waals surface area contributed by atoms with Crippen LogP contribution < -0.4 is 0 Å². The van der Waals surface area contributed by atoms with Crippen LogP contribution in [0.3, 0.4) is 0 Å². The Morgan fingerprint density at radius 3 is 3.00 bits per heavy atom. The van der Waals surface area contributed by atoms with Crippen LogP contribution in [-0.2, 0) is 6.54 Å². The third kappa shape index (κ3) is 2.55. The molecule has 0 atom stereocenters. The van der Waals surface area contributed by atoms with Gasteiger partial charge in [-0.15, -0.1) is 0 Å². The molecule has 90 valence electrons. The van der Waals surface area contributed by atoms with Crippen molar-refractivity contribution in [2.75, 3.05) is 0 Å². The van der Waals surface area contributed by atoms with Gasteiger partial charge in [0.1, 0.15) is 11.3 Å². The summed E-state index contributed by atoms with van der Waals surface area (Å²) >= 11 is 1.54. The molecule has 0 aliphatic carbocycles. The number of thiophene rings is 1. The van der Waals surface area contributed by atoms with E-state index in [1.807, 2.05) is 16.8 Å². The molecule has 0 saturated heterocycles. The predicted octanol–water partition coefficient (Wildman–Crippen LogP) is 3.11. The summed E-state index contributed by atoms with van der Waals surface area (Å²) in [5.74, 6) is -0.922. The molecule has 2 aromatic rings. The van der Waals surface area contributed by atoms with Crippen LogP contribution in [0.4, 0.5) is 0 Å². The molecule has 4 nitrogen and oxygen atoms in total. The number of aryl methyl sites for hydroxylation is 1. The van der Waals surface area contributed by atoms with Crippen LogP contribution >= 0.6 is 11.3 Å². The summed E-state index contributed by atoms with van der Waals surface area (Å²) in [6.07, 6.45) is 3.69. The smallest absolute Gasteiger partial charge is 0.339 e. The zero-order chi connectivity index (χ0) is 12.3. The number of aromatic nitrogens is 2. The molecule has 0 radical (unpaired) electrons. The molecular formula is C12H14N2O2S. The fraction of sp³-hybridized carbons (Fsp3) is 0.333. The number of aromatic carboxylic acids is 1. The summed E-state index contributed by atoms with van der Waals surface area (Å²) in [4.78, 5) is 11.2. The first-order chi connectivity index (χ1) is 8.22. The maximum absolute atomic E-state index is 11.2. The second-order valence-corrected chi connectivity index (χ2v) is 4.61. The molecule has 0 fully saturated rings. The van der Waals surface area contributed by atoms with E-state index in [-0.39, 0.29) is 5.56 Å². The summed E-state index contributed by atoms with van der Waals surface area (Å²) in [5.41, 5.74) is 1.72. The van der Waals surface area contributed by atoms with Gasteiger partial charge in [-0.25, -0.2) is 4.79 Å². The molecule has 2 heterocycles. The van der Waals surface area contributed by atoms with E-state index in [0.29, 0.717) is 5.69 Å². The summed E-state index contributed by atoms with van der Waals surface area (Å²) in [7, 11) is 0. The minimum atomic E-state index is -0.922. The third-order valence-corrected chi connectivity index (χ3v) is 3.21. The molecule has 0 spiro atoms. The van der Waals surface area contributed by atoms with Gasteiger partial charge in [0.15, 0.2) is 0 Å². The van der Waals surface area contributed by atoms with Crippen molar-refractivity contribution < 1.29 is 9.90 Å². The second kappa shape index (κ2) is 5.14. The van der Waals surface area contributed by atoms with Crippen molar-refractivity contribution in [2.24, 2.45) is 0 Å². The van der Waals surface area contributed by atoms with E-state index >= 15 is 0 Å². The number of hydrogen-bond donors (Lipinski definition) is 1. The van der Waals surface area contributed by atoms with E-state index in [0.717, 1.165) is 24.9 Å². The van der Waals surface area contributed by atoms with Gasteiger partial charge in [0.05, 0.1) is 0 Å². The molecule has 2 aromatic heterocycles. The number of carboxylic acids is 1. The average molecular weight is 250 g/mol. The molecule has 2 rings (SSSR count). The highest BCUT2D eigenvalue weighted by Crippen LogP contribution is 2.24. The normalized spacial score (nSPS) is 10.6. The van der Waals surface area contributed by atoms with Gasteiger partial charge in [0.25, 0.3) is 0 Å². The van der Waals surface area contributed by atoms with Crippen LogP contribution in [0.2, 0.25) is 0 Å². The van der Waals surface area contributed by atoms with Crippen molar-refractivity contribution in [1.29, 1.82) is 0 Å². The topological polar surface area (TPSA) is 55.1 Å². The summed E-state index contributed by atoms with van der Waals surface area (Å²) < 4.78 is 1.72. The Morgan fingerprint density at radius 2 is 2.41 bits per heavy atom. The lowest BCUT2D eigenvalue weighted by Crippen LogP contribution is -1.98. The van der Waals surface area contributed by atoms with Gasteiger partial charge < -0.3 is 5.11 Å². The molecular weight excluding hydrogens is 236 g/mol. The fourth-order valence-corrected chi connectivity index (χ4v) is 2.27. The van der Waals surface area contributed by atoms with Gasteiger partial charge in [-0.3, -0.25) is 4.68 Å². The lowest BCUT2D eigenvalue weighted by Gasteiger charge is -1.97. The van der Waals surface area contributed by atoms with Crippen molar-refractivity contribution >= 4 is 17.3 Å². The van der Waals surface area contributed by atoms with Crippen molar-refractivity contribution in [2.45, 2.75) is 26.3 Å². The maximum atomic E-state index is 11.2. The molecule has 0 aliphatic rings. The van der Waals surface area contributed by atoms with E-state index in [9.17, 15) is 4.79 Å². The quantitative estimate of drug-likeness (QED) is 0.887. The van der Waals surface area contributed by atoms with Crippen molar-refractivity contribution in [3.05, 3.63) is 28.6 Å². The van der Waals surface area contributed by atoms with E-state index in [4.69, 9.17) is 5.11 Å². The Morgan fingerprint density at radius 1 is 1.59 bits per heavy atom. The first-order valence-corrected chi connectivity index (χ1v) is 6.50. The Kier molecular flexibility index (Phi) is 3.58. The lowest BCUT2D eigenvalue weighted by molar-refractivity contribution is 0.0697. The van der Waals surface area contributed by atoms with Gasteiger partial charge in [-0.05, 0) is 17.9 Å². The zero-order valence-electron chi connectivity index (χ0n) is 9.59. The molecule has 0 aliphatic heterocycles. The molecule has 0 unspecified atom stereocenters. The van der Waals surface area contributed by atoms with Crippen LogP contribution in [0, 0.1) is 0 Å². The van der Waals surface area contributed by atoms with Crippen LogP contribution in [0.5, 0.6) is 0 Å². The number of unbranched alkanes of at least 4 members (excludes halogenated alkanes) is 1. The first kappa shape index (κ1) is 11.9. The summed E-state index contributed by atoms with van der Waals surface area (Å²) in [5, 5.41) is 17.3. The Labute approximate surface area is 104 Å². The highest BCUT2D eigenvalue weighted by Gasteiger charge is 2.16. The van der Waals surface area contributed by atoms with E-state index < -0.39 is 5.97 Å². The molecule has 0 aromatic carbocycles. The molecule has 0 saturated carbocycles. The highest BCUT2D eigenvalue weighted by atomic mass is 32.1. The first-order valence-electron chi connectivity index (χ1n) is 5.55. The average Bonchev–Trinajstić information content (AvgIpc) is 2.94. The highest BCUT2D eigenvalue weighted by molar-refractivity contribution is 7.08. The number of hydrogen-bond acceptors (Lipinski definition) is 3. The molecule has 1 N–H and O–H groups in total. The Balaban J connectivity index is 2.36. The van der Waals surface area contributed by atoms with E-state index in [1.54, 1.807) is 10.9 Å². The SMILES string of the molecule is CCCCn1cc(C(=O)O)c(-c2ccsc2)n1. The molecule has 17 heavy (non-hydrogen) atoms. The third-order valence-electron chi connectivity index (χ3n) is 2.53. The minimum absolute atomic E-state index is 0.277. The van der Waals surface area contributed by atoms with Gasteiger partial charge in [-0.2, -0.15) is 16.4 Å². The molecule has 0 bridgehead atoms. The van der Waals surface area contributed by atoms with Crippen molar-refractivity contribution in [1.82, 2.24) is 9.78 Å². The monoisotopic (exact) mass is 250 g/mol. The fourth-order valence-electron chi connectivity index (χ4n) is 1.62. The number of rotatable bonds is 5. The molecule has 0 amide bonds.